The molecule has 0 bridgehead atoms. The first kappa shape index (κ1) is 17.5. The molecule has 138 valence electrons. The lowest BCUT2D eigenvalue weighted by Crippen LogP contribution is -2.20. The van der Waals surface area contributed by atoms with Gasteiger partial charge in [0.05, 0.1) is 11.8 Å². The standard InChI is InChI=1S/C22H24N4O/c1-16-7-5-10-18(13-16)24-21-14-20(17-8-3-2-4-9-17)25-22(26-21)23-15-19-11-6-12-27-19/h2-5,7-10,13-14,19H,6,11-12,15H2,1H3,(H2,23,24,25,26). The van der Waals surface area contributed by atoms with Gasteiger partial charge in [-0.05, 0) is 37.5 Å². The second-order valence-electron chi connectivity index (χ2n) is 6.84. The Hall–Kier alpha value is -2.92. The van der Waals surface area contributed by atoms with Crippen LogP contribution >= 0.6 is 0 Å². The summed E-state index contributed by atoms with van der Waals surface area (Å²) < 4.78 is 5.69. The topological polar surface area (TPSA) is 59.1 Å². The van der Waals surface area contributed by atoms with Gasteiger partial charge < -0.3 is 15.4 Å². The molecular formula is C22H24N4O. The molecule has 1 aliphatic heterocycles. The Morgan fingerprint density at radius 2 is 1.93 bits per heavy atom. The quantitative estimate of drug-likeness (QED) is 0.662. The molecule has 1 atom stereocenters. The summed E-state index contributed by atoms with van der Waals surface area (Å²) in [7, 11) is 0. The molecule has 1 saturated heterocycles. The second kappa shape index (κ2) is 8.18. The summed E-state index contributed by atoms with van der Waals surface area (Å²) in [6.45, 7) is 3.65. The third-order valence-electron chi connectivity index (χ3n) is 4.60. The first-order valence-corrected chi connectivity index (χ1v) is 9.40. The van der Waals surface area contributed by atoms with Crippen molar-refractivity contribution in [2.75, 3.05) is 23.8 Å². The lowest BCUT2D eigenvalue weighted by atomic mass is 10.1. The van der Waals surface area contributed by atoms with E-state index in [1.165, 1.54) is 5.56 Å². The predicted octanol–water partition coefficient (Wildman–Crippen LogP) is 4.79. The van der Waals surface area contributed by atoms with Crippen molar-refractivity contribution in [2.24, 2.45) is 0 Å². The van der Waals surface area contributed by atoms with Crippen LogP contribution in [0.2, 0.25) is 0 Å². The molecule has 0 radical (unpaired) electrons. The Labute approximate surface area is 159 Å². The normalized spacial score (nSPS) is 16.3. The van der Waals surface area contributed by atoms with Gasteiger partial charge in [0.25, 0.3) is 0 Å². The number of hydrogen-bond donors (Lipinski definition) is 2. The Morgan fingerprint density at radius 1 is 1.04 bits per heavy atom. The van der Waals surface area contributed by atoms with Crippen LogP contribution in [0.4, 0.5) is 17.5 Å². The molecule has 2 N–H and O–H groups in total. The van der Waals surface area contributed by atoms with Crippen molar-refractivity contribution in [1.29, 1.82) is 0 Å². The minimum atomic E-state index is 0.238. The summed E-state index contributed by atoms with van der Waals surface area (Å²) in [6.07, 6.45) is 2.44. The van der Waals surface area contributed by atoms with E-state index in [-0.39, 0.29) is 6.10 Å². The number of aryl methyl sites for hydroxylation is 1. The molecule has 2 heterocycles. The van der Waals surface area contributed by atoms with Gasteiger partial charge in [0.2, 0.25) is 5.95 Å². The SMILES string of the molecule is Cc1cccc(Nc2cc(-c3ccccc3)nc(NCC3CCCO3)n2)c1. The average Bonchev–Trinajstić information content (AvgIpc) is 3.21. The zero-order valence-corrected chi connectivity index (χ0v) is 15.5. The molecule has 3 aromatic rings. The van der Waals surface area contributed by atoms with Crippen molar-refractivity contribution in [3.8, 4) is 11.3 Å². The zero-order chi connectivity index (χ0) is 18.5. The van der Waals surface area contributed by atoms with Crippen LogP contribution in [-0.4, -0.2) is 29.2 Å². The van der Waals surface area contributed by atoms with Crippen molar-refractivity contribution in [2.45, 2.75) is 25.9 Å². The number of rotatable bonds is 6. The summed E-state index contributed by atoms with van der Waals surface area (Å²) in [6, 6.07) is 20.4. The van der Waals surface area contributed by atoms with E-state index >= 15 is 0 Å². The highest BCUT2D eigenvalue weighted by Crippen LogP contribution is 2.24. The summed E-state index contributed by atoms with van der Waals surface area (Å²) >= 11 is 0. The van der Waals surface area contributed by atoms with E-state index in [9.17, 15) is 0 Å². The van der Waals surface area contributed by atoms with Gasteiger partial charge in [-0.3, -0.25) is 0 Å². The van der Waals surface area contributed by atoms with E-state index < -0.39 is 0 Å². The van der Waals surface area contributed by atoms with Crippen LogP contribution in [0.15, 0.2) is 60.7 Å². The number of aromatic nitrogens is 2. The number of ether oxygens (including phenoxy) is 1. The zero-order valence-electron chi connectivity index (χ0n) is 15.5. The number of nitrogens with zero attached hydrogens (tertiary/aromatic N) is 2. The van der Waals surface area contributed by atoms with Gasteiger partial charge in [-0.25, -0.2) is 4.98 Å². The molecule has 0 amide bonds. The first-order valence-electron chi connectivity index (χ1n) is 9.40. The van der Waals surface area contributed by atoms with E-state index in [0.717, 1.165) is 48.8 Å². The molecule has 1 unspecified atom stereocenters. The molecule has 1 aromatic heterocycles. The van der Waals surface area contributed by atoms with Crippen molar-refractivity contribution >= 4 is 17.5 Å². The molecule has 0 aliphatic carbocycles. The van der Waals surface area contributed by atoms with Gasteiger partial charge in [0.1, 0.15) is 5.82 Å². The maximum atomic E-state index is 5.69. The maximum Gasteiger partial charge on any atom is 0.225 e. The molecule has 27 heavy (non-hydrogen) atoms. The minimum Gasteiger partial charge on any atom is -0.376 e. The van der Waals surface area contributed by atoms with Crippen molar-refractivity contribution < 1.29 is 4.74 Å². The van der Waals surface area contributed by atoms with Crippen molar-refractivity contribution in [3.05, 3.63) is 66.2 Å². The molecule has 5 nitrogen and oxygen atoms in total. The Morgan fingerprint density at radius 3 is 2.70 bits per heavy atom. The fourth-order valence-electron chi connectivity index (χ4n) is 3.23. The van der Waals surface area contributed by atoms with Crippen LogP contribution in [-0.2, 0) is 4.74 Å². The van der Waals surface area contributed by atoms with Crippen LogP contribution < -0.4 is 10.6 Å². The Kier molecular flexibility index (Phi) is 5.30. The van der Waals surface area contributed by atoms with E-state index in [0.29, 0.717) is 5.95 Å². The maximum absolute atomic E-state index is 5.69. The summed E-state index contributed by atoms with van der Waals surface area (Å²) in [5, 5.41) is 6.75. The molecule has 4 rings (SSSR count). The van der Waals surface area contributed by atoms with Gasteiger partial charge in [0, 0.05) is 30.5 Å². The average molecular weight is 360 g/mol. The van der Waals surface area contributed by atoms with Crippen LogP contribution in [0.5, 0.6) is 0 Å². The summed E-state index contributed by atoms with van der Waals surface area (Å²) in [5.74, 6) is 1.38. The van der Waals surface area contributed by atoms with Crippen LogP contribution in [0.1, 0.15) is 18.4 Å². The third-order valence-corrected chi connectivity index (χ3v) is 4.60. The molecular weight excluding hydrogens is 336 g/mol. The lowest BCUT2D eigenvalue weighted by molar-refractivity contribution is 0.120. The predicted molar refractivity (Wildman–Crippen MR) is 109 cm³/mol. The highest BCUT2D eigenvalue weighted by atomic mass is 16.5. The van der Waals surface area contributed by atoms with Gasteiger partial charge in [-0.1, -0.05) is 42.5 Å². The number of anilines is 3. The van der Waals surface area contributed by atoms with Crippen LogP contribution in [0.25, 0.3) is 11.3 Å². The monoisotopic (exact) mass is 360 g/mol. The number of benzene rings is 2. The van der Waals surface area contributed by atoms with Gasteiger partial charge in [0.15, 0.2) is 0 Å². The van der Waals surface area contributed by atoms with E-state index in [1.807, 2.05) is 36.4 Å². The van der Waals surface area contributed by atoms with Gasteiger partial charge in [-0.2, -0.15) is 4.98 Å². The van der Waals surface area contributed by atoms with Crippen LogP contribution in [0, 0.1) is 6.92 Å². The fourth-order valence-corrected chi connectivity index (χ4v) is 3.23. The molecule has 1 aliphatic rings. The number of hydrogen-bond acceptors (Lipinski definition) is 5. The van der Waals surface area contributed by atoms with Gasteiger partial charge in [-0.15, -0.1) is 0 Å². The summed E-state index contributed by atoms with van der Waals surface area (Å²) in [4.78, 5) is 9.36. The minimum absolute atomic E-state index is 0.238. The Bertz CT molecular complexity index is 892. The molecule has 0 spiro atoms. The smallest absolute Gasteiger partial charge is 0.225 e. The summed E-state index contributed by atoms with van der Waals surface area (Å²) in [5.41, 5.74) is 4.16. The van der Waals surface area contributed by atoms with E-state index in [2.05, 4.69) is 46.8 Å². The second-order valence-corrected chi connectivity index (χ2v) is 6.84. The highest BCUT2D eigenvalue weighted by molar-refractivity contribution is 5.67. The Balaban J connectivity index is 1.61. The lowest BCUT2D eigenvalue weighted by Gasteiger charge is -2.14. The van der Waals surface area contributed by atoms with E-state index in [4.69, 9.17) is 9.72 Å². The molecule has 0 saturated carbocycles. The van der Waals surface area contributed by atoms with Gasteiger partial charge >= 0.3 is 0 Å². The van der Waals surface area contributed by atoms with Crippen molar-refractivity contribution in [3.63, 3.8) is 0 Å². The fraction of sp³-hybridized carbons (Fsp3) is 0.273. The molecule has 1 fully saturated rings. The highest BCUT2D eigenvalue weighted by Gasteiger charge is 2.16. The third kappa shape index (κ3) is 4.63. The van der Waals surface area contributed by atoms with E-state index in [1.54, 1.807) is 0 Å². The largest absolute Gasteiger partial charge is 0.376 e. The molecule has 2 aromatic carbocycles. The number of nitrogens with one attached hydrogen (secondary N) is 2. The molecule has 5 heteroatoms. The van der Waals surface area contributed by atoms with Crippen molar-refractivity contribution in [1.82, 2.24) is 9.97 Å². The first-order chi connectivity index (χ1) is 13.3. The van der Waals surface area contributed by atoms with Crippen LogP contribution in [0.3, 0.4) is 0 Å².